The van der Waals surface area contributed by atoms with Gasteiger partial charge in [0.15, 0.2) is 0 Å². The summed E-state index contributed by atoms with van der Waals surface area (Å²) >= 11 is 0. The molecule has 0 bridgehead atoms. The third-order valence-electron chi connectivity index (χ3n) is 5.09. The van der Waals surface area contributed by atoms with Gasteiger partial charge in [0.05, 0.1) is 0 Å². The van der Waals surface area contributed by atoms with E-state index in [0.29, 0.717) is 13.0 Å². The highest BCUT2D eigenvalue weighted by Crippen LogP contribution is 2.30. The van der Waals surface area contributed by atoms with Gasteiger partial charge in [0, 0.05) is 44.4 Å². The van der Waals surface area contributed by atoms with Gasteiger partial charge in [-0.2, -0.15) is 0 Å². The topological polar surface area (TPSA) is 61.4 Å². The standard InChI is InChI=1S/C23H29N3O2/c1-18(27)24-15-8-2-3-13-23(28)25-21-11-6-4-10-20(21)17-26-16-14-19-9-5-7-12-22(19)26/h4-7,9-12H,2-3,8,13-17H2,1H3,(H,24,27)(H,25,28). The summed E-state index contributed by atoms with van der Waals surface area (Å²) in [5.74, 6) is 0.0452. The minimum absolute atomic E-state index is 0.00465. The van der Waals surface area contributed by atoms with Crippen LogP contribution in [0.5, 0.6) is 0 Å². The van der Waals surface area contributed by atoms with Gasteiger partial charge in [0.1, 0.15) is 0 Å². The summed E-state index contributed by atoms with van der Waals surface area (Å²) in [7, 11) is 0. The molecule has 2 aromatic rings. The number of fused-ring (bicyclic) bond motifs is 1. The van der Waals surface area contributed by atoms with Gasteiger partial charge in [0.2, 0.25) is 11.8 Å². The minimum atomic E-state index is -0.00465. The Kier molecular flexibility index (Phi) is 7.06. The van der Waals surface area contributed by atoms with Crippen LogP contribution in [0, 0.1) is 0 Å². The number of rotatable bonds is 9. The lowest BCUT2D eigenvalue weighted by Crippen LogP contribution is -2.21. The fourth-order valence-corrected chi connectivity index (χ4v) is 3.62. The molecule has 148 valence electrons. The van der Waals surface area contributed by atoms with Gasteiger partial charge in [0.25, 0.3) is 0 Å². The van der Waals surface area contributed by atoms with E-state index in [1.807, 2.05) is 18.2 Å². The summed E-state index contributed by atoms with van der Waals surface area (Å²) in [6.07, 6.45) is 4.23. The zero-order valence-electron chi connectivity index (χ0n) is 16.5. The van der Waals surface area contributed by atoms with Gasteiger partial charge in [-0.3, -0.25) is 9.59 Å². The molecular weight excluding hydrogens is 350 g/mol. The van der Waals surface area contributed by atoms with E-state index >= 15 is 0 Å². The second-order valence-corrected chi connectivity index (χ2v) is 7.30. The van der Waals surface area contributed by atoms with E-state index in [1.165, 1.54) is 18.2 Å². The van der Waals surface area contributed by atoms with Crippen LogP contribution in [0.25, 0.3) is 0 Å². The van der Waals surface area contributed by atoms with Crippen LogP contribution in [0.1, 0.15) is 43.7 Å². The molecule has 2 amide bonds. The van der Waals surface area contributed by atoms with Crippen molar-refractivity contribution in [3.8, 4) is 0 Å². The molecule has 1 heterocycles. The first-order valence-electron chi connectivity index (χ1n) is 10.1. The fourth-order valence-electron chi connectivity index (χ4n) is 3.62. The third kappa shape index (κ3) is 5.59. The summed E-state index contributed by atoms with van der Waals surface area (Å²) in [5, 5.41) is 5.86. The van der Waals surface area contributed by atoms with Crippen molar-refractivity contribution in [3.63, 3.8) is 0 Å². The Morgan fingerprint density at radius 1 is 1.00 bits per heavy atom. The SMILES string of the molecule is CC(=O)NCCCCCC(=O)Nc1ccccc1CN1CCc2ccccc21. The van der Waals surface area contributed by atoms with E-state index in [-0.39, 0.29) is 11.8 Å². The molecule has 1 aliphatic rings. The molecule has 1 aliphatic heterocycles. The number of carbonyl (C=O) groups excluding carboxylic acids is 2. The highest BCUT2D eigenvalue weighted by molar-refractivity contribution is 5.91. The van der Waals surface area contributed by atoms with Crippen molar-refractivity contribution in [1.82, 2.24) is 5.32 Å². The molecule has 28 heavy (non-hydrogen) atoms. The third-order valence-corrected chi connectivity index (χ3v) is 5.09. The summed E-state index contributed by atoms with van der Waals surface area (Å²) in [6, 6.07) is 16.6. The van der Waals surface area contributed by atoms with Crippen LogP contribution >= 0.6 is 0 Å². The largest absolute Gasteiger partial charge is 0.367 e. The second-order valence-electron chi connectivity index (χ2n) is 7.30. The lowest BCUT2D eigenvalue weighted by Gasteiger charge is -2.21. The molecule has 0 saturated heterocycles. The number of nitrogens with zero attached hydrogens (tertiary/aromatic N) is 1. The number of para-hydroxylation sites is 2. The van der Waals surface area contributed by atoms with Crippen LogP contribution < -0.4 is 15.5 Å². The molecule has 0 saturated carbocycles. The van der Waals surface area contributed by atoms with Crippen molar-refractivity contribution in [2.45, 2.75) is 45.6 Å². The van der Waals surface area contributed by atoms with Crippen LogP contribution in [0.2, 0.25) is 0 Å². The maximum absolute atomic E-state index is 12.3. The molecule has 0 radical (unpaired) electrons. The number of hydrogen-bond acceptors (Lipinski definition) is 3. The highest BCUT2D eigenvalue weighted by atomic mass is 16.2. The number of anilines is 2. The van der Waals surface area contributed by atoms with Crippen molar-refractivity contribution in [1.29, 1.82) is 0 Å². The van der Waals surface area contributed by atoms with Gasteiger partial charge < -0.3 is 15.5 Å². The Morgan fingerprint density at radius 3 is 2.64 bits per heavy atom. The predicted molar refractivity (Wildman–Crippen MR) is 113 cm³/mol. The molecule has 0 spiro atoms. The predicted octanol–water partition coefficient (Wildman–Crippen LogP) is 3.88. The number of amides is 2. The highest BCUT2D eigenvalue weighted by Gasteiger charge is 2.19. The van der Waals surface area contributed by atoms with Gasteiger partial charge >= 0.3 is 0 Å². The number of carbonyl (C=O) groups is 2. The maximum atomic E-state index is 12.3. The van der Waals surface area contributed by atoms with Crippen LogP contribution in [-0.4, -0.2) is 24.9 Å². The smallest absolute Gasteiger partial charge is 0.224 e. The molecule has 0 unspecified atom stereocenters. The quantitative estimate of drug-likeness (QED) is 0.650. The van der Waals surface area contributed by atoms with E-state index in [4.69, 9.17) is 0 Å². The minimum Gasteiger partial charge on any atom is -0.367 e. The van der Waals surface area contributed by atoms with E-state index in [1.54, 1.807) is 0 Å². The van der Waals surface area contributed by atoms with Gasteiger partial charge in [-0.15, -0.1) is 0 Å². The van der Waals surface area contributed by atoms with Gasteiger partial charge in [-0.05, 0) is 42.5 Å². The van der Waals surface area contributed by atoms with Crippen molar-refractivity contribution >= 4 is 23.2 Å². The van der Waals surface area contributed by atoms with E-state index in [0.717, 1.165) is 50.0 Å². The number of hydrogen-bond donors (Lipinski definition) is 2. The van der Waals surface area contributed by atoms with Crippen LogP contribution in [0.3, 0.4) is 0 Å². The van der Waals surface area contributed by atoms with Crippen LogP contribution in [0.15, 0.2) is 48.5 Å². The Hall–Kier alpha value is -2.82. The molecule has 2 N–H and O–H groups in total. The van der Waals surface area contributed by atoms with Crippen molar-refractivity contribution in [3.05, 3.63) is 59.7 Å². The molecular formula is C23H29N3O2. The maximum Gasteiger partial charge on any atom is 0.224 e. The lowest BCUT2D eigenvalue weighted by molar-refractivity contribution is -0.119. The number of unbranched alkanes of at least 4 members (excludes halogenated alkanes) is 2. The lowest BCUT2D eigenvalue weighted by atomic mass is 10.1. The molecule has 5 nitrogen and oxygen atoms in total. The normalized spacial score (nSPS) is 12.5. The first-order valence-corrected chi connectivity index (χ1v) is 10.1. The summed E-state index contributed by atoms with van der Waals surface area (Å²) in [4.78, 5) is 25.6. The Balaban J connectivity index is 1.50. The average Bonchev–Trinajstić information content (AvgIpc) is 3.09. The average molecular weight is 380 g/mol. The Labute approximate surface area is 167 Å². The van der Waals surface area contributed by atoms with Crippen molar-refractivity contribution < 1.29 is 9.59 Å². The number of nitrogens with one attached hydrogen (secondary N) is 2. The van der Waals surface area contributed by atoms with Crippen molar-refractivity contribution in [2.75, 3.05) is 23.3 Å². The molecule has 0 fully saturated rings. The van der Waals surface area contributed by atoms with Crippen LogP contribution in [0.4, 0.5) is 11.4 Å². The number of benzene rings is 2. The van der Waals surface area contributed by atoms with Crippen LogP contribution in [-0.2, 0) is 22.6 Å². The fraction of sp³-hybridized carbons (Fsp3) is 0.391. The molecule has 2 aromatic carbocycles. The van der Waals surface area contributed by atoms with Gasteiger partial charge in [-0.25, -0.2) is 0 Å². The first-order chi connectivity index (χ1) is 13.6. The monoisotopic (exact) mass is 379 g/mol. The Morgan fingerprint density at radius 2 is 1.79 bits per heavy atom. The molecule has 5 heteroatoms. The molecule has 0 aromatic heterocycles. The summed E-state index contributed by atoms with van der Waals surface area (Å²) < 4.78 is 0. The van der Waals surface area contributed by atoms with E-state index in [2.05, 4.69) is 45.9 Å². The van der Waals surface area contributed by atoms with Crippen molar-refractivity contribution in [2.24, 2.45) is 0 Å². The summed E-state index contributed by atoms with van der Waals surface area (Å²) in [6.45, 7) is 4.00. The zero-order chi connectivity index (χ0) is 19.8. The summed E-state index contributed by atoms with van der Waals surface area (Å²) in [5.41, 5.74) is 4.72. The van der Waals surface area contributed by atoms with E-state index < -0.39 is 0 Å². The Bertz CT molecular complexity index is 819. The molecule has 3 rings (SSSR count). The molecule has 0 aliphatic carbocycles. The van der Waals surface area contributed by atoms with Gasteiger partial charge in [-0.1, -0.05) is 42.8 Å². The van der Waals surface area contributed by atoms with E-state index in [9.17, 15) is 9.59 Å². The molecule has 0 atom stereocenters. The second kappa shape index (κ2) is 9.93. The zero-order valence-corrected chi connectivity index (χ0v) is 16.5. The first kappa shape index (κ1) is 19.9.